The number of hydrogen-bond donors (Lipinski definition) is 2. The number of rotatable bonds is 5. The molecule has 3 amide bonds. The summed E-state index contributed by atoms with van der Waals surface area (Å²) in [5, 5.41) is 5.61. The van der Waals surface area contributed by atoms with Crippen molar-refractivity contribution >= 4 is 17.6 Å². The van der Waals surface area contributed by atoms with Crippen LogP contribution in [-0.2, 0) is 11.3 Å². The van der Waals surface area contributed by atoms with Gasteiger partial charge in [-0.05, 0) is 38.8 Å². The topological polar surface area (TPSA) is 109 Å². The van der Waals surface area contributed by atoms with E-state index in [1.807, 2.05) is 26.2 Å². The Hall–Kier alpha value is -3.24. The number of carbonyl (C=O) groups excluding carboxylic acids is 2. The van der Waals surface area contributed by atoms with Crippen molar-refractivity contribution in [2.75, 3.05) is 39.2 Å². The molecule has 0 fully saturated rings. The van der Waals surface area contributed by atoms with Crippen LogP contribution in [0.5, 0.6) is 5.75 Å². The Morgan fingerprint density at radius 3 is 2.61 bits per heavy atom. The summed E-state index contributed by atoms with van der Waals surface area (Å²) in [5.41, 5.74) is 1.99. The van der Waals surface area contributed by atoms with Gasteiger partial charge in [-0.2, -0.15) is 0 Å². The standard InChI is InChI=1S/C26H38N6O4/c1-17(2)29-26(34)30-21-7-8-22-23(9-21)36-15-19(4)32(13-20-10-27-16-28-11-20)12-18(3)24(35-6)14-31(5)25(22)33/h7-11,16-19,24H,12-15H2,1-6H3,(H2,29,30,34)/t18-,19-,24+/m1/s1. The average Bonchev–Trinajstić information content (AvgIpc) is 2.84. The van der Waals surface area contributed by atoms with Gasteiger partial charge in [-0.1, -0.05) is 6.92 Å². The van der Waals surface area contributed by atoms with E-state index in [9.17, 15) is 9.59 Å². The van der Waals surface area contributed by atoms with Crippen LogP contribution in [-0.4, -0.2) is 83.7 Å². The van der Waals surface area contributed by atoms with E-state index in [0.717, 1.165) is 12.1 Å². The van der Waals surface area contributed by atoms with E-state index in [2.05, 4.69) is 39.3 Å². The van der Waals surface area contributed by atoms with Crippen LogP contribution >= 0.6 is 0 Å². The van der Waals surface area contributed by atoms with Gasteiger partial charge in [0.1, 0.15) is 18.7 Å². The van der Waals surface area contributed by atoms with Crippen molar-refractivity contribution in [2.24, 2.45) is 5.92 Å². The molecule has 2 aromatic rings. The first-order valence-electron chi connectivity index (χ1n) is 12.3. The highest BCUT2D eigenvalue weighted by Gasteiger charge is 2.28. The predicted octanol–water partition coefficient (Wildman–Crippen LogP) is 3.01. The van der Waals surface area contributed by atoms with E-state index in [1.165, 1.54) is 6.33 Å². The lowest BCUT2D eigenvalue weighted by molar-refractivity contribution is 0.00918. The van der Waals surface area contributed by atoms with E-state index in [1.54, 1.807) is 37.3 Å². The molecule has 10 heteroatoms. The van der Waals surface area contributed by atoms with Gasteiger partial charge in [0, 0.05) is 75.6 Å². The molecule has 2 N–H and O–H groups in total. The second-order valence-corrected chi connectivity index (χ2v) is 9.74. The Bertz CT molecular complexity index is 1020. The summed E-state index contributed by atoms with van der Waals surface area (Å²) in [4.78, 5) is 37.8. The number of hydrogen-bond acceptors (Lipinski definition) is 7. The van der Waals surface area contributed by atoms with Crippen LogP contribution < -0.4 is 15.4 Å². The van der Waals surface area contributed by atoms with Crippen molar-refractivity contribution in [3.8, 4) is 5.75 Å². The highest BCUT2D eigenvalue weighted by Crippen LogP contribution is 2.27. The number of carbonyl (C=O) groups is 2. The molecule has 0 saturated heterocycles. The fourth-order valence-corrected chi connectivity index (χ4v) is 4.22. The molecule has 3 rings (SSSR count). The molecule has 1 aliphatic rings. The molecule has 2 heterocycles. The number of ether oxygens (including phenoxy) is 2. The third-order valence-corrected chi connectivity index (χ3v) is 6.25. The van der Waals surface area contributed by atoms with Crippen LogP contribution in [0.1, 0.15) is 43.6 Å². The van der Waals surface area contributed by atoms with Gasteiger partial charge in [-0.25, -0.2) is 14.8 Å². The third-order valence-electron chi connectivity index (χ3n) is 6.25. The van der Waals surface area contributed by atoms with Gasteiger partial charge in [-0.3, -0.25) is 9.69 Å². The first kappa shape index (κ1) is 27.3. The van der Waals surface area contributed by atoms with Crippen LogP contribution in [0.3, 0.4) is 0 Å². The third kappa shape index (κ3) is 7.38. The number of methoxy groups -OCH3 is 1. The fraction of sp³-hybridized carbons (Fsp3) is 0.538. The first-order valence-corrected chi connectivity index (χ1v) is 12.3. The Kier molecular flexibility index (Phi) is 9.60. The van der Waals surface area contributed by atoms with Gasteiger partial charge < -0.3 is 25.0 Å². The van der Waals surface area contributed by atoms with Crippen LogP contribution in [0.2, 0.25) is 0 Å². The highest BCUT2D eigenvalue weighted by atomic mass is 16.5. The maximum absolute atomic E-state index is 13.4. The summed E-state index contributed by atoms with van der Waals surface area (Å²) in [6, 6.07) is 4.81. The van der Waals surface area contributed by atoms with Gasteiger partial charge in [0.25, 0.3) is 5.91 Å². The minimum Gasteiger partial charge on any atom is -0.491 e. The van der Waals surface area contributed by atoms with Crippen molar-refractivity contribution in [2.45, 2.75) is 52.4 Å². The SMILES string of the molecule is CO[C@H]1CN(C)C(=O)c2ccc(NC(=O)NC(C)C)cc2OC[C@@H](C)N(Cc2cncnc2)C[C@H]1C. The lowest BCUT2D eigenvalue weighted by Gasteiger charge is -2.36. The molecular weight excluding hydrogens is 460 g/mol. The van der Waals surface area contributed by atoms with E-state index in [4.69, 9.17) is 9.47 Å². The van der Waals surface area contributed by atoms with Crippen molar-refractivity contribution in [1.82, 2.24) is 25.1 Å². The zero-order chi connectivity index (χ0) is 26.2. The molecule has 1 aromatic heterocycles. The zero-order valence-corrected chi connectivity index (χ0v) is 22.0. The van der Waals surface area contributed by atoms with Crippen molar-refractivity contribution in [3.63, 3.8) is 0 Å². The molecule has 1 aromatic carbocycles. The predicted molar refractivity (Wildman–Crippen MR) is 138 cm³/mol. The van der Waals surface area contributed by atoms with Crippen molar-refractivity contribution in [1.29, 1.82) is 0 Å². The summed E-state index contributed by atoms with van der Waals surface area (Å²) in [6.07, 6.45) is 5.01. The molecular formula is C26H38N6O4. The van der Waals surface area contributed by atoms with E-state index < -0.39 is 0 Å². The lowest BCUT2D eigenvalue weighted by atomic mass is 10.0. The smallest absolute Gasteiger partial charge is 0.319 e. The second-order valence-electron chi connectivity index (χ2n) is 9.74. The minimum absolute atomic E-state index is 0.00117. The van der Waals surface area contributed by atoms with E-state index >= 15 is 0 Å². The van der Waals surface area contributed by atoms with Crippen LogP contribution in [0, 0.1) is 5.92 Å². The van der Waals surface area contributed by atoms with Crippen LogP contribution in [0.15, 0.2) is 36.9 Å². The molecule has 196 valence electrons. The lowest BCUT2D eigenvalue weighted by Crippen LogP contribution is -2.46. The average molecular weight is 499 g/mol. The molecule has 0 bridgehead atoms. The van der Waals surface area contributed by atoms with Crippen LogP contribution in [0.4, 0.5) is 10.5 Å². The normalized spacial score (nSPS) is 21.7. The summed E-state index contributed by atoms with van der Waals surface area (Å²) in [6.45, 7) is 10.2. The molecule has 36 heavy (non-hydrogen) atoms. The second kappa shape index (κ2) is 12.6. The molecule has 0 saturated carbocycles. The van der Waals surface area contributed by atoms with E-state index in [0.29, 0.717) is 36.7 Å². The molecule has 1 aliphatic heterocycles. The summed E-state index contributed by atoms with van der Waals surface area (Å²) in [7, 11) is 3.45. The molecule has 0 spiro atoms. The van der Waals surface area contributed by atoms with Crippen molar-refractivity contribution < 1.29 is 19.1 Å². The summed E-state index contributed by atoms with van der Waals surface area (Å²) >= 11 is 0. The fourth-order valence-electron chi connectivity index (χ4n) is 4.22. The highest BCUT2D eigenvalue weighted by molar-refractivity contribution is 5.98. The number of aromatic nitrogens is 2. The van der Waals surface area contributed by atoms with Gasteiger partial charge >= 0.3 is 6.03 Å². The number of fused-ring (bicyclic) bond motifs is 1. The van der Waals surface area contributed by atoms with Gasteiger partial charge in [0.15, 0.2) is 0 Å². The molecule has 0 aliphatic carbocycles. The Morgan fingerprint density at radius 2 is 1.94 bits per heavy atom. The molecule has 3 atom stereocenters. The Labute approximate surface area is 213 Å². The zero-order valence-electron chi connectivity index (χ0n) is 22.0. The summed E-state index contributed by atoms with van der Waals surface area (Å²) < 4.78 is 12.0. The number of urea groups is 1. The van der Waals surface area contributed by atoms with E-state index in [-0.39, 0.29) is 36.0 Å². The van der Waals surface area contributed by atoms with Gasteiger partial charge in [-0.15, -0.1) is 0 Å². The molecule has 0 unspecified atom stereocenters. The largest absolute Gasteiger partial charge is 0.491 e. The number of anilines is 1. The number of nitrogens with one attached hydrogen (secondary N) is 2. The van der Waals surface area contributed by atoms with Crippen molar-refractivity contribution in [3.05, 3.63) is 48.0 Å². The number of benzene rings is 1. The number of nitrogens with zero attached hydrogens (tertiary/aromatic N) is 4. The quantitative estimate of drug-likeness (QED) is 0.652. The van der Waals surface area contributed by atoms with Crippen LogP contribution in [0.25, 0.3) is 0 Å². The molecule has 10 nitrogen and oxygen atoms in total. The van der Waals surface area contributed by atoms with Gasteiger partial charge in [0.2, 0.25) is 0 Å². The first-order chi connectivity index (χ1) is 17.2. The summed E-state index contributed by atoms with van der Waals surface area (Å²) in [5.74, 6) is 0.415. The number of likely N-dealkylation sites (N-methyl/N-ethyl adjacent to an activating group) is 1. The Balaban J connectivity index is 1.91. The maximum atomic E-state index is 13.4. The Morgan fingerprint density at radius 1 is 1.22 bits per heavy atom. The maximum Gasteiger partial charge on any atom is 0.319 e. The van der Waals surface area contributed by atoms with Gasteiger partial charge in [0.05, 0.1) is 11.7 Å². The number of amides is 3. The monoisotopic (exact) mass is 498 g/mol. The minimum atomic E-state index is -0.317. The molecule has 0 radical (unpaired) electrons.